The molecule has 0 aliphatic rings. The van der Waals surface area contributed by atoms with Crippen LogP contribution in [0.5, 0.6) is 0 Å². The molecule has 8 heteroatoms. The molecule has 0 aliphatic heterocycles. The average Bonchev–Trinajstić information content (AvgIpc) is 2.79. The monoisotopic (exact) mass is 394 g/mol. The van der Waals surface area contributed by atoms with E-state index in [1.807, 2.05) is 12.1 Å². The van der Waals surface area contributed by atoms with Crippen molar-refractivity contribution in [2.75, 3.05) is 5.73 Å². The second-order valence-electron chi connectivity index (χ2n) is 4.17. The lowest BCUT2D eigenvalue weighted by atomic mass is 10.2. The number of rotatable bonds is 4. The number of anilines is 1. The van der Waals surface area contributed by atoms with E-state index in [4.69, 9.17) is 17.3 Å². The molecule has 0 saturated carbocycles. The molecule has 108 valence electrons. The van der Waals surface area contributed by atoms with Gasteiger partial charge in [-0.3, -0.25) is 0 Å². The third-order valence-electron chi connectivity index (χ3n) is 2.63. The fourth-order valence-corrected chi connectivity index (χ4v) is 4.36. The summed E-state index contributed by atoms with van der Waals surface area (Å²) in [6, 6.07) is 6.60. The van der Waals surface area contributed by atoms with Gasteiger partial charge in [0.15, 0.2) is 0 Å². The Hall–Kier alpha value is -0.600. The highest BCUT2D eigenvalue weighted by Crippen LogP contribution is 2.27. The molecule has 2 aromatic rings. The number of nitrogens with two attached hydrogens (primary N) is 1. The van der Waals surface area contributed by atoms with Gasteiger partial charge in [0.25, 0.3) is 0 Å². The Morgan fingerprint density at radius 3 is 2.65 bits per heavy atom. The standard InChI is InChI=1S/C12H12BrClN2O2S2/c1-7-4-9(5-10(15)12(7)14)20(17,18)16-6-8-2-3-11(13)19-8/h2-5,16H,6,15H2,1H3. The lowest BCUT2D eigenvalue weighted by Crippen LogP contribution is -2.23. The summed E-state index contributed by atoms with van der Waals surface area (Å²) in [4.78, 5) is 1.03. The van der Waals surface area contributed by atoms with E-state index in [0.717, 1.165) is 8.66 Å². The molecule has 0 aliphatic carbocycles. The number of nitrogen functional groups attached to an aromatic ring is 1. The summed E-state index contributed by atoms with van der Waals surface area (Å²) < 4.78 is 27.9. The maximum atomic E-state index is 12.2. The maximum absolute atomic E-state index is 12.2. The van der Waals surface area contributed by atoms with Crippen LogP contribution in [-0.2, 0) is 16.6 Å². The van der Waals surface area contributed by atoms with Gasteiger partial charge in [0.2, 0.25) is 10.0 Å². The Morgan fingerprint density at radius 2 is 2.10 bits per heavy atom. The SMILES string of the molecule is Cc1cc(S(=O)(=O)NCc2ccc(Br)s2)cc(N)c1Cl. The zero-order chi connectivity index (χ0) is 14.9. The van der Waals surface area contributed by atoms with Crippen LogP contribution < -0.4 is 10.5 Å². The molecule has 0 fully saturated rings. The third kappa shape index (κ3) is 3.53. The third-order valence-corrected chi connectivity index (χ3v) is 6.15. The van der Waals surface area contributed by atoms with Gasteiger partial charge in [0.05, 0.1) is 19.4 Å². The highest BCUT2D eigenvalue weighted by molar-refractivity contribution is 9.11. The lowest BCUT2D eigenvalue weighted by molar-refractivity contribution is 0.582. The number of benzene rings is 1. The van der Waals surface area contributed by atoms with Crippen molar-refractivity contribution in [1.29, 1.82) is 0 Å². The predicted molar refractivity (Wildman–Crippen MR) is 86.6 cm³/mol. The molecular formula is C12H12BrClN2O2S2. The molecule has 0 saturated heterocycles. The van der Waals surface area contributed by atoms with Crippen molar-refractivity contribution < 1.29 is 8.42 Å². The topological polar surface area (TPSA) is 72.2 Å². The molecule has 4 nitrogen and oxygen atoms in total. The summed E-state index contributed by atoms with van der Waals surface area (Å²) >= 11 is 10.7. The molecule has 0 atom stereocenters. The molecular weight excluding hydrogens is 384 g/mol. The Morgan fingerprint density at radius 1 is 1.40 bits per heavy atom. The van der Waals surface area contributed by atoms with Gasteiger partial charge in [0.1, 0.15) is 0 Å². The largest absolute Gasteiger partial charge is 0.397 e. The second kappa shape index (κ2) is 6.03. The molecule has 0 radical (unpaired) electrons. The van der Waals surface area contributed by atoms with E-state index < -0.39 is 10.0 Å². The van der Waals surface area contributed by atoms with E-state index in [1.165, 1.54) is 23.5 Å². The smallest absolute Gasteiger partial charge is 0.240 e. The van der Waals surface area contributed by atoms with Crippen LogP contribution in [0.1, 0.15) is 10.4 Å². The Kier molecular flexibility index (Phi) is 4.76. The highest BCUT2D eigenvalue weighted by atomic mass is 79.9. The fraction of sp³-hybridized carbons (Fsp3) is 0.167. The molecule has 3 N–H and O–H groups in total. The summed E-state index contributed by atoms with van der Waals surface area (Å²) in [5.74, 6) is 0. The number of aryl methyl sites for hydroxylation is 1. The van der Waals surface area contributed by atoms with Crippen LogP contribution in [0.15, 0.2) is 32.9 Å². The minimum atomic E-state index is -3.61. The van der Waals surface area contributed by atoms with E-state index in [-0.39, 0.29) is 17.1 Å². The van der Waals surface area contributed by atoms with Crippen molar-refractivity contribution in [2.45, 2.75) is 18.4 Å². The van der Waals surface area contributed by atoms with Gasteiger partial charge in [0, 0.05) is 11.4 Å². The number of hydrogen-bond acceptors (Lipinski definition) is 4. The first-order valence-electron chi connectivity index (χ1n) is 5.59. The Balaban J connectivity index is 2.22. The van der Waals surface area contributed by atoms with Gasteiger partial charge in [-0.05, 0) is 52.7 Å². The van der Waals surface area contributed by atoms with E-state index in [9.17, 15) is 8.42 Å². The Labute approximate surface area is 135 Å². The number of thiophene rings is 1. The van der Waals surface area contributed by atoms with Crippen molar-refractivity contribution in [3.8, 4) is 0 Å². The molecule has 0 unspecified atom stereocenters. The molecule has 1 heterocycles. The Bertz CT molecular complexity index is 721. The predicted octanol–water partition coefficient (Wildman–Crippen LogP) is 3.53. The lowest BCUT2D eigenvalue weighted by Gasteiger charge is -2.09. The van der Waals surface area contributed by atoms with E-state index in [0.29, 0.717) is 10.6 Å². The van der Waals surface area contributed by atoms with Gasteiger partial charge in [-0.2, -0.15) is 0 Å². The van der Waals surface area contributed by atoms with Crippen LogP contribution in [0.3, 0.4) is 0 Å². The molecule has 2 rings (SSSR count). The zero-order valence-electron chi connectivity index (χ0n) is 10.5. The number of halogens is 2. The van der Waals surface area contributed by atoms with Crippen molar-refractivity contribution >= 4 is 54.6 Å². The fourth-order valence-electron chi connectivity index (χ4n) is 1.61. The van der Waals surface area contributed by atoms with Crippen molar-refractivity contribution in [1.82, 2.24) is 4.72 Å². The minimum Gasteiger partial charge on any atom is -0.397 e. The summed E-state index contributed by atoms with van der Waals surface area (Å²) in [5, 5.41) is 0.381. The van der Waals surface area contributed by atoms with Crippen molar-refractivity contribution in [3.63, 3.8) is 0 Å². The summed E-state index contributed by atoms with van der Waals surface area (Å²) in [6.07, 6.45) is 0. The maximum Gasteiger partial charge on any atom is 0.240 e. The summed E-state index contributed by atoms with van der Waals surface area (Å²) in [7, 11) is -3.61. The first-order valence-corrected chi connectivity index (χ1v) is 9.06. The normalized spacial score (nSPS) is 11.8. The highest BCUT2D eigenvalue weighted by Gasteiger charge is 2.17. The van der Waals surface area contributed by atoms with E-state index >= 15 is 0 Å². The number of nitrogens with one attached hydrogen (secondary N) is 1. The molecule has 1 aromatic heterocycles. The van der Waals surface area contributed by atoms with Crippen molar-refractivity contribution in [3.05, 3.63) is 43.5 Å². The van der Waals surface area contributed by atoms with Gasteiger partial charge in [-0.25, -0.2) is 13.1 Å². The van der Waals surface area contributed by atoms with Gasteiger partial charge in [-0.1, -0.05) is 11.6 Å². The van der Waals surface area contributed by atoms with E-state index in [1.54, 1.807) is 6.92 Å². The van der Waals surface area contributed by atoms with E-state index in [2.05, 4.69) is 20.7 Å². The van der Waals surface area contributed by atoms with Gasteiger partial charge in [-0.15, -0.1) is 11.3 Å². The minimum absolute atomic E-state index is 0.118. The van der Waals surface area contributed by atoms with Gasteiger partial charge >= 0.3 is 0 Å². The van der Waals surface area contributed by atoms with Crippen LogP contribution in [0, 0.1) is 6.92 Å². The molecule has 0 amide bonds. The van der Waals surface area contributed by atoms with Crippen LogP contribution in [-0.4, -0.2) is 8.42 Å². The quantitative estimate of drug-likeness (QED) is 0.778. The van der Waals surface area contributed by atoms with Crippen LogP contribution >= 0.6 is 38.9 Å². The molecule has 1 aromatic carbocycles. The van der Waals surface area contributed by atoms with Gasteiger partial charge < -0.3 is 5.73 Å². The zero-order valence-corrected chi connectivity index (χ0v) is 14.5. The van der Waals surface area contributed by atoms with Crippen LogP contribution in [0.25, 0.3) is 0 Å². The first-order chi connectivity index (χ1) is 9.29. The summed E-state index contributed by atoms with van der Waals surface area (Å²) in [6.45, 7) is 1.95. The molecule has 0 bridgehead atoms. The summed E-state index contributed by atoms with van der Waals surface area (Å²) in [5.41, 5.74) is 6.59. The van der Waals surface area contributed by atoms with Crippen molar-refractivity contribution in [2.24, 2.45) is 0 Å². The second-order valence-corrected chi connectivity index (χ2v) is 8.87. The van der Waals surface area contributed by atoms with Crippen LogP contribution in [0.4, 0.5) is 5.69 Å². The molecule has 20 heavy (non-hydrogen) atoms. The number of hydrogen-bond donors (Lipinski definition) is 2. The first kappa shape index (κ1) is 15.8. The van der Waals surface area contributed by atoms with Crippen LogP contribution in [0.2, 0.25) is 5.02 Å². The number of sulfonamides is 1. The molecule has 0 spiro atoms. The average molecular weight is 396 g/mol.